The summed E-state index contributed by atoms with van der Waals surface area (Å²) in [6, 6.07) is 5.30. The summed E-state index contributed by atoms with van der Waals surface area (Å²) in [5, 5.41) is 3.55. The standard InChI is InChI=1S/C15H23ClN2O2.ClH/c1-3-4-5-13(10-17)18-15(19)9-11-8-12(16)6-7-14(11)20-2;/h6-8,13H,3-5,9-10,17H2,1-2H3,(H,18,19);1H. The summed E-state index contributed by atoms with van der Waals surface area (Å²) in [7, 11) is 1.58. The summed E-state index contributed by atoms with van der Waals surface area (Å²) in [6.45, 7) is 2.57. The van der Waals surface area contributed by atoms with Crippen LogP contribution in [0, 0.1) is 0 Å². The van der Waals surface area contributed by atoms with E-state index in [1.807, 2.05) is 0 Å². The number of unbranched alkanes of at least 4 members (excludes halogenated alkanes) is 1. The largest absolute Gasteiger partial charge is 0.496 e. The summed E-state index contributed by atoms with van der Waals surface area (Å²) in [6.07, 6.45) is 3.30. The van der Waals surface area contributed by atoms with E-state index in [4.69, 9.17) is 22.1 Å². The number of carbonyl (C=O) groups is 1. The smallest absolute Gasteiger partial charge is 0.224 e. The van der Waals surface area contributed by atoms with Gasteiger partial charge in [-0.25, -0.2) is 0 Å². The topological polar surface area (TPSA) is 64.3 Å². The Hall–Kier alpha value is -0.970. The second-order valence-electron chi connectivity index (χ2n) is 4.78. The molecule has 1 amide bonds. The van der Waals surface area contributed by atoms with Gasteiger partial charge in [0.1, 0.15) is 5.75 Å². The number of hydrogen-bond acceptors (Lipinski definition) is 3. The first-order valence-electron chi connectivity index (χ1n) is 6.92. The van der Waals surface area contributed by atoms with E-state index in [0.29, 0.717) is 17.3 Å². The molecule has 3 N–H and O–H groups in total. The molecule has 120 valence electrons. The van der Waals surface area contributed by atoms with Gasteiger partial charge < -0.3 is 15.8 Å². The SMILES string of the molecule is CCCCC(CN)NC(=O)Cc1cc(Cl)ccc1OC.Cl. The van der Waals surface area contributed by atoms with Crippen molar-refractivity contribution in [2.24, 2.45) is 5.73 Å². The Morgan fingerprint density at radius 1 is 1.48 bits per heavy atom. The lowest BCUT2D eigenvalue weighted by molar-refractivity contribution is -0.121. The molecule has 1 aromatic carbocycles. The van der Waals surface area contributed by atoms with Crippen LogP contribution < -0.4 is 15.8 Å². The van der Waals surface area contributed by atoms with Crippen LogP contribution in [-0.4, -0.2) is 25.6 Å². The van der Waals surface area contributed by atoms with Crippen molar-refractivity contribution in [2.75, 3.05) is 13.7 Å². The zero-order valence-electron chi connectivity index (χ0n) is 12.5. The maximum Gasteiger partial charge on any atom is 0.224 e. The monoisotopic (exact) mass is 334 g/mol. The average molecular weight is 335 g/mol. The van der Waals surface area contributed by atoms with E-state index >= 15 is 0 Å². The molecule has 0 radical (unpaired) electrons. The minimum atomic E-state index is -0.0582. The van der Waals surface area contributed by atoms with Crippen molar-refractivity contribution in [3.05, 3.63) is 28.8 Å². The molecule has 1 aromatic rings. The molecular formula is C15H24Cl2N2O2. The molecule has 0 fully saturated rings. The Kier molecular flexibility index (Phi) is 10.2. The van der Waals surface area contributed by atoms with Gasteiger partial charge in [0, 0.05) is 23.2 Å². The van der Waals surface area contributed by atoms with Crippen LogP contribution in [0.15, 0.2) is 18.2 Å². The van der Waals surface area contributed by atoms with Gasteiger partial charge in [0.05, 0.1) is 13.5 Å². The molecule has 6 heteroatoms. The number of methoxy groups -OCH3 is 1. The van der Waals surface area contributed by atoms with Gasteiger partial charge in [-0.1, -0.05) is 31.4 Å². The van der Waals surface area contributed by atoms with Crippen LogP contribution in [-0.2, 0) is 11.2 Å². The molecular weight excluding hydrogens is 311 g/mol. The first-order valence-corrected chi connectivity index (χ1v) is 7.30. The number of amides is 1. The third-order valence-electron chi connectivity index (χ3n) is 3.15. The van der Waals surface area contributed by atoms with Crippen molar-refractivity contribution >= 4 is 29.9 Å². The lowest BCUT2D eigenvalue weighted by atomic mass is 10.1. The Bertz CT molecular complexity index is 442. The Labute approximate surface area is 137 Å². The maximum atomic E-state index is 12.1. The zero-order chi connectivity index (χ0) is 15.0. The molecule has 0 saturated heterocycles. The van der Waals surface area contributed by atoms with E-state index in [-0.39, 0.29) is 30.8 Å². The highest BCUT2D eigenvalue weighted by molar-refractivity contribution is 6.30. The number of nitrogens with two attached hydrogens (primary N) is 1. The number of rotatable bonds is 8. The molecule has 0 aliphatic rings. The molecule has 4 nitrogen and oxygen atoms in total. The molecule has 0 aliphatic heterocycles. The predicted octanol–water partition coefficient (Wildman–Crippen LogP) is 2.95. The number of carbonyl (C=O) groups excluding carboxylic acids is 1. The summed E-state index contributed by atoms with van der Waals surface area (Å²) in [4.78, 5) is 12.1. The normalized spacial score (nSPS) is 11.4. The first-order chi connectivity index (χ1) is 9.60. The quantitative estimate of drug-likeness (QED) is 0.768. The highest BCUT2D eigenvalue weighted by atomic mass is 35.5. The third kappa shape index (κ3) is 7.02. The average Bonchev–Trinajstić information content (AvgIpc) is 2.43. The van der Waals surface area contributed by atoms with Crippen LogP contribution in [0.4, 0.5) is 0 Å². The summed E-state index contributed by atoms with van der Waals surface area (Å²) in [5.74, 6) is 0.611. The van der Waals surface area contributed by atoms with Gasteiger partial charge in [0.15, 0.2) is 0 Å². The van der Waals surface area contributed by atoms with E-state index in [0.717, 1.165) is 24.8 Å². The van der Waals surface area contributed by atoms with Crippen LogP contribution in [0.3, 0.4) is 0 Å². The van der Waals surface area contributed by atoms with Crippen LogP contribution >= 0.6 is 24.0 Å². The Morgan fingerprint density at radius 3 is 2.76 bits per heavy atom. The van der Waals surface area contributed by atoms with Crippen molar-refractivity contribution in [3.8, 4) is 5.75 Å². The number of hydrogen-bond donors (Lipinski definition) is 2. The molecule has 1 rings (SSSR count). The van der Waals surface area contributed by atoms with Crippen molar-refractivity contribution in [3.63, 3.8) is 0 Å². The van der Waals surface area contributed by atoms with E-state index < -0.39 is 0 Å². The molecule has 21 heavy (non-hydrogen) atoms. The number of benzene rings is 1. The molecule has 0 heterocycles. The highest BCUT2D eigenvalue weighted by Crippen LogP contribution is 2.23. The maximum absolute atomic E-state index is 12.1. The summed E-state index contributed by atoms with van der Waals surface area (Å²) >= 11 is 5.95. The van der Waals surface area contributed by atoms with E-state index in [1.165, 1.54) is 0 Å². The van der Waals surface area contributed by atoms with Crippen LogP contribution in [0.5, 0.6) is 5.75 Å². The minimum absolute atomic E-state index is 0. The first kappa shape index (κ1) is 20.0. The molecule has 0 aromatic heterocycles. The summed E-state index contributed by atoms with van der Waals surface area (Å²) < 4.78 is 5.23. The van der Waals surface area contributed by atoms with Gasteiger partial charge in [0.2, 0.25) is 5.91 Å². The summed E-state index contributed by atoms with van der Waals surface area (Å²) in [5.41, 5.74) is 6.46. The molecule has 0 spiro atoms. The molecule has 1 atom stereocenters. The van der Waals surface area contributed by atoms with Gasteiger partial charge in [0.25, 0.3) is 0 Å². The lowest BCUT2D eigenvalue weighted by Crippen LogP contribution is -2.40. The van der Waals surface area contributed by atoms with Gasteiger partial charge >= 0.3 is 0 Å². The third-order valence-corrected chi connectivity index (χ3v) is 3.38. The van der Waals surface area contributed by atoms with E-state index in [9.17, 15) is 4.79 Å². The number of ether oxygens (including phenoxy) is 1. The Balaban J connectivity index is 0.00000400. The van der Waals surface area contributed by atoms with Gasteiger partial charge in [-0.3, -0.25) is 4.79 Å². The van der Waals surface area contributed by atoms with Gasteiger partial charge in [-0.2, -0.15) is 0 Å². The van der Waals surface area contributed by atoms with Crippen molar-refractivity contribution in [1.29, 1.82) is 0 Å². The van der Waals surface area contributed by atoms with Crippen LogP contribution in [0.25, 0.3) is 0 Å². The fourth-order valence-corrected chi connectivity index (χ4v) is 2.23. The fourth-order valence-electron chi connectivity index (χ4n) is 2.04. The second kappa shape index (κ2) is 10.7. The van der Waals surface area contributed by atoms with Gasteiger partial charge in [-0.15, -0.1) is 12.4 Å². The van der Waals surface area contributed by atoms with Crippen molar-refractivity contribution in [2.45, 2.75) is 38.6 Å². The Morgan fingerprint density at radius 2 is 2.19 bits per heavy atom. The minimum Gasteiger partial charge on any atom is -0.496 e. The molecule has 0 aliphatic carbocycles. The van der Waals surface area contributed by atoms with E-state index in [2.05, 4.69) is 12.2 Å². The van der Waals surface area contributed by atoms with Crippen molar-refractivity contribution in [1.82, 2.24) is 5.32 Å². The lowest BCUT2D eigenvalue weighted by Gasteiger charge is -2.17. The van der Waals surface area contributed by atoms with Gasteiger partial charge in [-0.05, 0) is 24.6 Å². The molecule has 0 bridgehead atoms. The zero-order valence-corrected chi connectivity index (χ0v) is 14.1. The van der Waals surface area contributed by atoms with Crippen LogP contribution in [0.1, 0.15) is 31.7 Å². The van der Waals surface area contributed by atoms with E-state index in [1.54, 1.807) is 25.3 Å². The fraction of sp³-hybridized carbons (Fsp3) is 0.533. The molecule has 0 saturated carbocycles. The number of nitrogens with one attached hydrogen (secondary N) is 1. The number of halogens is 2. The molecule has 1 unspecified atom stereocenters. The van der Waals surface area contributed by atoms with Crippen LogP contribution in [0.2, 0.25) is 5.02 Å². The predicted molar refractivity (Wildman–Crippen MR) is 89.5 cm³/mol. The highest BCUT2D eigenvalue weighted by Gasteiger charge is 2.13. The van der Waals surface area contributed by atoms with Crippen molar-refractivity contribution < 1.29 is 9.53 Å². The second-order valence-corrected chi connectivity index (χ2v) is 5.21.